The quantitative estimate of drug-likeness (QED) is 0.599. The van der Waals surface area contributed by atoms with E-state index < -0.39 is 0 Å². The van der Waals surface area contributed by atoms with Crippen LogP contribution in [-0.2, 0) is 6.42 Å². The summed E-state index contributed by atoms with van der Waals surface area (Å²) in [6, 6.07) is 2.09. The molecule has 0 radical (unpaired) electrons. The highest BCUT2D eigenvalue weighted by atomic mass is 14.8. The molecule has 1 aromatic rings. The zero-order chi connectivity index (χ0) is 8.55. The van der Waals surface area contributed by atoms with Gasteiger partial charge in [-0.3, -0.25) is 4.98 Å². The second-order valence-electron chi connectivity index (χ2n) is 3.30. The van der Waals surface area contributed by atoms with Crippen LogP contribution >= 0.6 is 0 Å². The van der Waals surface area contributed by atoms with Crippen molar-refractivity contribution in [2.75, 3.05) is 5.73 Å². The van der Waals surface area contributed by atoms with Crippen LogP contribution in [0.4, 0.5) is 5.69 Å². The Morgan fingerprint density at radius 3 is 3.17 bits per heavy atom. The van der Waals surface area contributed by atoms with Crippen molar-refractivity contribution in [2.45, 2.75) is 25.3 Å². The van der Waals surface area contributed by atoms with Gasteiger partial charge in [-0.05, 0) is 30.9 Å². The average molecular weight is 163 g/mol. The summed E-state index contributed by atoms with van der Waals surface area (Å²) in [5.41, 5.74) is 14.5. The van der Waals surface area contributed by atoms with E-state index in [2.05, 4.69) is 4.98 Å². The van der Waals surface area contributed by atoms with Crippen molar-refractivity contribution in [2.24, 2.45) is 5.73 Å². The third-order valence-corrected chi connectivity index (χ3v) is 2.35. The van der Waals surface area contributed by atoms with Crippen LogP contribution in [-0.4, -0.2) is 4.98 Å². The number of aryl methyl sites for hydroxylation is 1. The fourth-order valence-corrected chi connectivity index (χ4v) is 1.70. The van der Waals surface area contributed by atoms with Crippen LogP contribution in [0, 0.1) is 0 Å². The molecule has 1 heterocycles. The summed E-state index contributed by atoms with van der Waals surface area (Å²) in [6.07, 6.45) is 4.95. The number of fused-ring (bicyclic) bond motifs is 1. The Balaban J connectivity index is 2.47. The lowest BCUT2D eigenvalue weighted by Crippen LogP contribution is -2.18. The van der Waals surface area contributed by atoms with Gasteiger partial charge >= 0.3 is 0 Å². The van der Waals surface area contributed by atoms with Crippen molar-refractivity contribution in [3.05, 3.63) is 23.5 Å². The van der Waals surface area contributed by atoms with Crippen LogP contribution in [0.15, 0.2) is 12.3 Å². The summed E-state index contributed by atoms with van der Waals surface area (Å²) in [4.78, 5) is 4.26. The summed E-state index contributed by atoms with van der Waals surface area (Å²) < 4.78 is 0. The number of aromatic nitrogens is 1. The van der Waals surface area contributed by atoms with Gasteiger partial charge in [0, 0.05) is 11.7 Å². The molecule has 1 atom stereocenters. The summed E-state index contributed by atoms with van der Waals surface area (Å²) in [5, 5.41) is 0. The number of pyridine rings is 1. The number of nitrogens with zero attached hydrogens (tertiary/aromatic N) is 1. The van der Waals surface area contributed by atoms with Crippen LogP contribution in [0.3, 0.4) is 0 Å². The first-order valence-corrected chi connectivity index (χ1v) is 4.27. The molecule has 2 rings (SSSR count). The van der Waals surface area contributed by atoms with Crippen molar-refractivity contribution in [1.82, 2.24) is 4.98 Å². The zero-order valence-electron chi connectivity index (χ0n) is 6.96. The predicted octanol–water partition coefficient (Wildman–Crippen LogP) is 1.000. The van der Waals surface area contributed by atoms with Crippen molar-refractivity contribution in [1.29, 1.82) is 0 Å². The van der Waals surface area contributed by atoms with Gasteiger partial charge in [0.2, 0.25) is 0 Å². The molecule has 12 heavy (non-hydrogen) atoms. The molecule has 4 N–H and O–H groups in total. The van der Waals surface area contributed by atoms with E-state index in [9.17, 15) is 0 Å². The number of nitrogens with two attached hydrogens (primary N) is 2. The lowest BCUT2D eigenvalue weighted by molar-refractivity contribution is 0.560. The molecule has 64 valence electrons. The van der Waals surface area contributed by atoms with Crippen molar-refractivity contribution in [3.8, 4) is 0 Å². The SMILES string of the molecule is Nc1cnc2c(c1)C(N)CCC2. The van der Waals surface area contributed by atoms with E-state index in [4.69, 9.17) is 11.5 Å². The summed E-state index contributed by atoms with van der Waals surface area (Å²) >= 11 is 0. The lowest BCUT2D eigenvalue weighted by Gasteiger charge is -2.21. The molecule has 0 aliphatic heterocycles. The van der Waals surface area contributed by atoms with E-state index in [1.165, 1.54) is 0 Å². The molecule has 1 aliphatic rings. The van der Waals surface area contributed by atoms with E-state index in [-0.39, 0.29) is 6.04 Å². The molecule has 3 nitrogen and oxygen atoms in total. The third-order valence-electron chi connectivity index (χ3n) is 2.35. The first kappa shape index (κ1) is 7.55. The normalized spacial score (nSPS) is 21.9. The van der Waals surface area contributed by atoms with Gasteiger partial charge in [-0.2, -0.15) is 0 Å². The summed E-state index contributed by atoms with van der Waals surface area (Å²) in [5.74, 6) is 0. The maximum atomic E-state index is 5.92. The van der Waals surface area contributed by atoms with Gasteiger partial charge in [0.15, 0.2) is 0 Å². The first-order chi connectivity index (χ1) is 5.77. The second kappa shape index (κ2) is 2.75. The Hall–Kier alpha value is -1.09. The lowest BCUT2D eigenvalue weighted by atomic mass is 9.92. The van der Waals surface area contributed by atoms with Gasteiger partial charge in [-0.25, -0.2) is 0 Å². The molecule has 1 aromatic heterocycles. The van der Waals surface area contributed by atoms with Crippen LogP contribution in [0.1, 0.15) is 30.1 Å². The molecule has 0 aromatic carbocycles. The highest BCUT2D eigenvalue weighted by molar-refractivity contribution is 5.42. The van der Waals surface area contributed by atoms with Gasteiger partial charge in [0.05, 0.1) is 11.9 Å². The molecule has 3 heteroatoms. The van der Waals surface area contributed by atoms with Crippen molar-refractivity contribution in [3.63, 3.8) is 0 Å². The fraction of sp³-hybridized carbons (Fsp3) is 0.444. The van der Waals surface area contributed by atoms with E-state index in [1.54, 1.807) is 6.20 Å². The number of rotatable bonds is 0. The third kappa shape index (κ3) is 1.16. The molecule has 0 saturated carbocycles. The summed E-state index contributed by atoms with van der Waals surface area (Å²) in [7, 11) is 0. The number of nitrogen functional groups attached to an aromatic ring is 1. The minimum absolute atomic E-state index is 0.143. The van der Waals surface area contributed by atoms with E-state index in [0.717, 1.165) is 30.5 Å². The largest absolute Gasteiger partial charge is 0.397 e. The minimum atomic E-state index is 0.143. The van der Waals surface area contributed by atoms with Crippen LogP contribution in [0.2, 0.25) is 0 Å². The Morgan fingerprint density at radius 2 is 2.33 bits per heavy atom. The van der Waals surface area contributed by atoms with Gasteiger partial charge in [0.1, 0.15) is 0 Å². The Bertz CT molecular complexity index is 296. The smallest absolute Gasteiger partial charge is 0.0504 e. The molecular weight excluding hydrogens is 150 g/mol. The number of hydrogen-bond donors (Lipinski definition) is 2. The molecule has 0 fully saturated rings. The van der Waals surface area contributed by atoms with Crippen LogP contribution < -0.4 is 11.5 Å². The summed E-state index contributed by atoms with van der Waals surface area (Å²) in [6.45, 7) is 0. The highest BCUT2D eigenvalue weighted by Crippen LogP contribution is 2.27. The predicted molar refractivity (Wildman–Crippen MR) is 48.5 cm³/mol. The van der Waals surface area contributed by atoms with E-state index in [1.807, 2.05) is 6.07 Å². The number of anilines is 1. The van der Waals surface area contributed by atoms with Gasteiger partial charge in [-0.15, -0.1) is 0 Å². The van der Waals surface area contributed by atoms with Gasteiger partial charge in [-0.1, -0.05) is 0 Å². The molecule has 1 unspecified atom stereocenters. The molecule has 0 spiro atoms. The van der Waals surface area contributed by atoms with Crippen LogP contribution in [0.5, 0.6) is 0 Å². The standard InChI is InChI=1S/C9H13N3/c10-6-4-7-8(11)2-1-3-9(7)12-5-6/h4-5,8H,1-3,10-11H2. The first-order valence-electron chi connectivity index (χ1n) is 4.27. The molecule has 0 bridgehead atoms. The highest BCUT2D eigenvalue weighted by Gasteiger charge is 2.17. The second-order valence-corrected chi connectivity index (χ2v) is 3.30. The fourth-order valence-electron chi connectivity index (χ4n) is 1.70. The van der Waals surface area contributed by atoms with E-state index >= 15 is 0 Å². The average Bonchev–Trinajstić information content (AvgIpc) is 2.07. The van der Waals surface area contributed by atoms with E-state index in [0.29, 0.717) is 5.69 Å². The Labute approximate surface area is 71.8 Å². The topological polar surface area (TPSA) is 64.9 Å². The maximum Gasteiger partial charge on any atom is 0.0504 e. The van der Waals surface area contributed by atoms with Crippen LogP contribution in [0.25, 0.3) is 0 Å². The van der Waals surface area contributed by atoms with Gasteiger partial charge in [0.25, 0.3) is 0 Å². The monoisotopic (exact) mass is 163 g/mol. The molecule has 0 saturated heterocycles. The Kier molecular flexibility index (Phi) is 1.73. The molecule has 0 amide bonds. The number of hydrogen-bond acceptors (Lipinski definition) is 3. The van der Waals surface area contributed by atoms with Gasteiger partial charge < -0.3 is 11.5 Å². The Morgan fingerprint density at radius 1 is 1.50 bits per heavy atom. The molecular formula is C9H13N3. The minimum Gasteiger partial charge on any atom is -0.397 e. The van der Waals surface area contributed by atoms with Crippen molar-refractivity contribution < 1.29 is 0 Å². The van der Waals surface area contributed by atoms with Crippen molar-refractivity contribution >= 4 is 5.69 Å². The molecule has 1 aliphatic carbocycles. The maximum absolute atomic E-state index is 5.92. The zero-order valence-corrected chi connectivity index (χ0v) is 6.96.